The molecule has 1 atom stereocenters. The first kappa shape index (κ1) is 17.8. The second-order valence-electron chi connectivity index (χ2n) is 6.07. The molecule has 3 N–H and O–H groups in total. The highest BCUT2D eigenvalue weighted by atomic mass is 16.5. The Morgan fingerprint density at radius 1 is 1.17 bits per heavy atom. The molecule has 0 spiro atoms. The summed E-state index contributed by atoms with van der Waals surface area (Å²) in [5.74, 6) is 0. The van der Waals surface area contributed by atoms with Crippen molar-refractivity contribution in [2.24, 2.45) is 5.41 Å². The molecule has 0 aliphatic heterocycles. The normalized spacial score (nSPS) is 14.8. The van der Waals surface area contributed by atoms with Gasteiger partial charge in [-0.1, -0.05) is 13.8 Å². The van der Waals surface area contributed by atoms with Crippen LogP contribution in [-0.4, -0.2) is 48.2 Å². The fourth-order valence-electron chi connectivity index (χ4n) is 1.69. The molecule has 0 saturated heterocycles. The van der Waals surface area contributed by atoms with E-state index in [1.165, 1.54) is 0 Å². The van der Waals surface area contributed by atoms with Crippen molar-refractivity contribution in [3.63, 3.8) is 0 Å². The third-order valence-corrected chi connectivity index (χ3v) is 3.42. The lowest BCUT2D eigenvalue weighted by Crippen LogP contribution is -2.41. The van der Waals surface area contributed by atoms with Gasteiger partial charge < -0.3 is 20.3 Å². The minimum atomic E-state index is -0.505. The molecule has 4 heteroatoms. The monoisotopic (exact) mass is 261 g/mol. The van der Waals surface area contributed by atoms with Crippen LogP contribution in [0.5, 0.6) is 0 Å². The summed E-state index contributed by atoms with van der Waals surface area (Å²) in [6.07, 6.45) is 1.36. The third-order valence-electron chi connectivity index (χ3n) is 3.42. The first-order chi connectivity index (χ1) is 8.28. The van der Waals surface area contributed by atoms with E-state index in [9.17, 15) is 10.2 Å². The molecule has 18 heavy (non-hydrogen) atoms. The summed E-state index contributed by atoms with van der Waals surface area (Å²) >= 11 is 0. The Bertz CT molecular complexity index is 201. The lowest BCUT2D eigenvalue weighted by atomic mass is 9.83. The topological polar surface area (TPSA) is 61.7 Å². The number of hydrogen-bond acceptors (Lipinski definition) is 4. The highest BCUT2D eigenvalue weighted by molar-refractivity contribution is 4.78. The van der Waals surface area contributed by atoms with Crippen LogP contribution in [0.25, 0.3) is 0 Å². The van der Waals surface area contributed by atoms with Crippen molar-refractivity contribution in [1.82, 2.24) is 5.32 Å². The van der Waals surface area contributed by atoms with Crippen LogP contribution < -0.4 is 5.32 Å². The largest absolute Gasteiger partial charge is 0.396 e. The zero-order valence-electron chi connectivity index (χ0n) is 12.6. The van der Waals surface area contributed by atoms with Crippen LogP contribution >= 0.6 is 0 Å². The summed E-state index contributed by atoms with van der Waals surface area (Å²) < 4.78 is 5.51. The van der Waals surface area contributed by atoms with Crippen molar-refractivity contribution in [3.05, 3.63) is 0 Å². The Morgan fingerprint density at radius 2 is 1.72 bits per heavy atom. The number of ether oxygens (including phenoxy) is 1. The van der Waals surface area contributed by atoms with E-state index in [0.29, 0.717) is 13.2 Å². The van der Waals surface area contributed by atoms with Crippen molar-refractivity contribution < 1.29 is 14.9 Å². The van der Waals surface area contributed by atoms with Gasteiger partial charge >= 0.3 is 0 Å². The predicted molar refractivity (Wildman–Crippen MR) is 74.7 cm³/mol. The summed E-state index contributed by atoms with van der Waals surface area (Å²) in [6, 6.07) is 0. The van der Waals surface area contributed by atoms with Gasteiger partial charge in [-0.25, -0.2) is 0 Å². The first-order valence-electron chi connectivity index (χ1n) is 6.92. The predicted octanol–water partition coefficient (Wildman–Crippen LogP) is 1.55. The number of hydrogen-bond donors (Lipinski definition) is 3. The van der Waals surface area contributed by atoms with Crippen molar-refractivity contribution in [3.8, 4) is 0 Å². The Balaban J connectivity index is 3.89. The molecule has 0 saturated carbocycles. The van der Waals surface area contributed by atoms with E-state index >= 15 is 0 Å². The number of aliphatic hydroxyl groups excluding tert-OH is 2. The van der Waals surface area contributed by atoms with Gasteiger partial charge in [-0.05, 0) is 33.6 Å². The maximum Gasteiger partial charge on any atom is 0.0897 e. The van der Waals surface area contributed by atoms with Gasteiger partial charge in [0.05, 0.1) is 18.3 Å². The van der Waals surface area contributed by atoms with Crippen LogP contribution in [0.15, 0.2) is 0 Å². The van der Waals surface area contributed by atoms with E-state index in [1.54, 1.807) is 0 Å². The fourth-order valence-corrected chi connectivity index (χ4v) is 1.69. The van der Waals surface area contributed by atoms with Crippen LogP contribution in [0.3, 0.4) is 0 Å². The van der Waals surface area contributed by atoms with Crippen LogP contribution in [0, 0.1) is 5.41 Å². The van der Waals surface area contributed by atoms with Gasteiger partial charge in [0.25, 0.3) is 0 Å². The minimum Gasteiger partial charge on any atom is -0.396 e. The molecule has 4 nitrogen and oxygen atoms in total. The zero-order valence-corrected chi connectivity index (χ0v) is 12.6. The number of nitrogens with one attached hydrogen (secondary N) is 1. The molecular formula is C14H31NO3. The SMILES string of the molecule is CCC(CC)(CO)CNCC(O)COC(C)(C)C. The van der Waals surface area contributed by atoms with Gasteiger partial charge in [0, 0.05) is 25.1 Å². The maximum atomic E-state index is 9.78. The molecule has 0 radical (unpaired) electrons. The molecule has 0 aromatic rings. The summed E-state index contributed by atoms with van der Waals surface area (Å²) in [5.41, 5.74) is -0.284. The lowest BCUT2D eigenvalue weighted by Gasteiger charge is -2.30. The van der Waals surface area contributed by atoms with Crippen molar-refractivity contribution in [2.45, 2.75) is 59.2 Å². The molecule has 0 aromatic carbocycles. The van der Waals surface area contributed by atoms with E-state index in [0.717, 1.165) is 19.4 Å². The minimum absolute atomic E-state index is 0.0649. The average molecular weight is 261 g/mol. The molecule has 0 bridgehead atoms. The highest BCUT2D eigenvalue weighted by Crippen LogP contribution is 2.24. The molecule has 0 fully saturated rings. The quantitative estimate of drug-likeness (QED) is 0.589. The Labute approximate surface area is 112 Å². The molecule has 0 aliphatic rings. The van der Waals surface area contributed by atoms with Crippen LogP contribution in [0.2, 0.25) is 0 Å². The van der Waals surface area contributed by atoms with E-state index in [-0.39, 0.29) is 17.6 Å². The number of aliphatic hydroxyl groups is 2. The van der Waals surface area contributed by atoms with Gasteiger partial charge in [-0.3, -0.25) is 0 Å². The van der Waals surface area contributed by atoms with E-state index in [4.69, 9.17) is 4.74 Å². The van der Waals surface area contributed by atoms with E-state index in [2.05, 4.69) is 19.2 Å². The Kier molecular flexibility index (Phi) is 8.03. The van der Waals surface area contributed by atoms with Crippen molar-refractivity contribution in [2.75, 3.05) is 26.3 Å². The van der Waals surface area contributed by atoms with E-state index in [1.807, 2.05) is 20.8 Å². The Morgan fingerprint density at radius 3 is 2.11 bits per heavy atom. The fraction of sp³-hybridized carbons (Fsp3) is 1.00. The third kappa shape index (κ3) is 7.31. The standard InChI is InChI=1S/C14H31NO3/c1-6-14(7-2,11-16)10-15-8-12(17)9-18-13(3,4)5/h12,15-17H,6-11H2,1-5H3. The van der Waals surface area contributed by atoms with Gasteiger partial charge in [0.2, 0.25) is 0 Å². The zero-order chi connectivity index (χ0) is 14.2. The summed E-state index contributed by atoms with van der Waals surface area (Å²) in [5, 5.41) is 22.4. The van der Waals surface area contributed by atoms with Crippen LogP contribution in [0.4, 0.5) is 0 Å². The van der Waals surface area contributed by atoms with Gasteiger partial charge in [-0.15, -0.1) is 0 Å². The molecule has 0 aromatic heterocycles. The van der Waals surface area contributed by atoms with Crippen molar-refractivity contribution >= 4 is 0 Å². The van der Waals surface area contributed by atoms with Gasteiger partial charge in [0.15, 0.2) is 0 Å². The average Bonchev–Trinajstić information content (AvgIpc) is 2.32. The summed E-state index contributed by atoms with van der Waals surface area (Å²) in [4.78, 5) is 0. The summed E-state index contributed by atoms with van der Waals surface area (Å²) in [7, 11) is 0. The molecule has 0 heterocycles. The molecule has 1 unspecified atom stereocenters. The number of rotatable bonds is 9. The van der Waals surface area contributed by atoms with Gasteiger partial charge in [-0.2, -0.15) is 0 Å². The molecule has 110 valence electrons. The van der Waals surface area contributed by atoms with Gasteiger partial charge in [0.1, 0.15) is 0 Å². The Hall–Kier alpha value is -0.160. The smallest absolute Gasteiger partial charge is 0.0897 e. The van der Waals surface area contributed by atoms with Crippen molar-refractivity contribution in [1.29, 1.82) is 0 Å². The first-order valence-corrected chi connectivity index (χ1v) is 6.92. The summed E-state index contributed by atoms with van der Waals surface area (Å²) in [6.45, 7) is 11.8. The molecule has 0 aliphatic carbocycles. The lowest BCUT2D eigenvalue weighted by molar-refractivity contribution is -0.0485. The van der Waals surface area contributed by atoms with Crippen LogP contribution in [0.1, 0.15) is 47.5 Å². The van der Waals surface area contributed by atoms with Crippen LogP contribution in [-0.2, 0) is 4.74 Å². The molecule has 0 amide bonds. The highest BCUT2D eigenvalue weighted by Gasteiger charge is 2.25. The second-order valence-corrected chi connectivity index (χ2v) is 6.07. The molecular weight excluding hydrogens is 230 g/mol. The second kappa shape index (κ2) is 8.10. The maximum absolute atomic E-state index is 9.78. The molecule has 0 rings (SSSR count). The van der Waals surface area contributed by atoms with E-state index < -0.39 is 6.10 Å².